The van der Waals surface area contributed by atoms with E-state index in [4.69, 9.17) is 0 Å². The van der Waals surface area contributed by atoms with Gasteiger partial charge in [-0.25, -0.2) is 13.8 Å². The van der Waals surface area contributed by atoms with Crippen LogP contribution in [0.2, 0.25) is 0 Å². The van der Waals surface area contributed by atoms with Crippen molar-refractivity contribution in [3.8, 4) is 0 Å². The number of alkyl halides is 2. The Hall–Kier alpha value is -1.79. The Morgan fingerprint density at radius 3 is 2.67 bits per heavy atom. The highest BCUT2D eigenvalue weighted by Crippen LogP contribution is 2.50. The van der Waals surface area contributed by atoms with Gasteiger partial charge in [-0.2, -0.15) is 0 Å². The van der Waals surface area contributed by atoms with Crippen molar-refractivity contribution in [1.29, 1.82) is 0 Å². The van der Waals surface area contributed by atoms with E-state index in [1.807, 2.05) is 4.90 Å². The minimum Gasteiger partial charge on any atom is -0.354 e. The second kappa shape index (κ2) is 5.63. The van der Waals surface area contributed by atoms with Crippen LogP contribution in [0.3, 0.4) is 0 Å². The highest BCUT2D eigenvalue weighted by atomic mass is 19.3. The van der Waals surface area contributed by atoms with Gasteiger partial charge in [0.2, 0.25) is 5.91 Å². The van der Waals surface area contributed by atoms with Gasteiger partial charge in [0.1, 0.15) is 5.82 Å². The second-order valence-electron chi connectivity index (χ2n) is 7.36. The van der Waals surface area contributed by atoms with Gasteiger partial charge in [-0.05, 0) is 19.3 Å². The molecule has 0 bridgehead atoms. The molecule has 0 radical (unpaired) electrons. The summed E-state index contributed by atoms with van der Waals surface area (Å²) in [6.45, 7) is 1.09. The molecule has 1 saturated carbocycles. The summed E-state index contributed by atoms with van der Waals surface area (Å²) in [5.74, 6) is -1.98. The summed E-state index contributed by atoms with van der Waals surface area (Å²) in [4.78, 5) is 24.4. The lowest BCUT2D eigenvalue weighted by Gasteiger charge is -2.47. The van der Waals surface area contributed by atoms with Gasteiger partial charge in [-0.15, -0.1) is 0 Å². The van der Waals surface area contributed by atoms with Crippen LogP contribution in [-0.4, -0.2) is 52.9 Å². The quantitative estimate of drug-likeness (QED) is 0.832. The van der Waals surface area contributed by atoms with E-state index in [9.17, 15) is 13.6 Å². The van der Waals surface area contributed by atoms with Gasteiger partial charge in [0.15, 0.2) is 0 Å². The van der Waals surface area contributed by atoms with Crippen LogP contribution in [0.1, 0.15) is 32.1 Å². The smallest absolute Gasteiger partial charge is 0.258 e. The van der Waals surface area contributed by atoms with Crippen molar-refractivity contribution >= 4 is 11.7 Å². The SMILES string of the molecule is O=C(C1CCC1)N1CCC(F)(F)C2(CCN(c3cnccn3)C2)C1. The highest BCUT2D eigenvalue weighted by molar-refractivity contribution is 5.79. The van der Waals surface area contributed by atoms with Crippen molar-refractivity contribution in [3.63, 3.8) is 0 Å². The van der Waals surface area contributed by atoms with E-state index in [1.165, 1.54) is 0 Å². The first kappa shape index (κ1) is 15.7. The molecule has 5 nitrogen and oxygen atoms in total. The van der Waals surface area contributed by atoms with Crippen molar-refractivity contribution < 1.29 is 13.6 Å². The summed E-state index contributed by atoms with van der Waals surface area (Å²) in [6, 6.07) is 0. The molecule has 1 amide bonds. The van der Waals surface area contributed by atoms with E-state index >= 15 is 0 Å². The number of hydrogen-bond donors (Lipinski definition) is 0. The number of nitrogens with zero attached hydrogens (tertiary/aromatic N) is 4. The lowest BCUT2D eigenvalue weighted by atomic mass is 9.74. The number of piperidine rings is 1. The predicted molar refractivity (Wildman–Crippen MR) is 84.8 cm³/mol. The van der Waals surface area contributed by atoms with Crippen molar-refractivity contribution in [2.45, 2.75) is 38.0 Å². The Kier molecular flexibility index (Phi) is 3.69. The molecule has 1 atom stereocenters. The Labute approximate surface area is 140 Å². The number of likely N-dealkylation sites (tertiary alicyclic amines) is 1. The fraction of sp³-hybridized carbons (Fsp3) is 0.706. The maximum Gasteiger partial charge on any atom is 0.258 e. The molecule has 24 heavy (non-hydrogen) atoms. The number of carbonyl (C=O) groups is 1. The molecule has 1 aliphatic carbocycles. The predicted octanol–water partition coefficient (Wildman–Crippen LogP) is 2.34. The zero-order valence-electron chi connectivity index (χ0n) is 13.6. The zero-order chi connectivity index (χ0) is 16.8. The molecule has 3 aliphatic rings. The first-order valence-electron chi connectivity index (χ1n) is 8.68. The Balaban J connectivity index is 1.54. The first-order chi connectivity index (χ1) is 11.5. The molecule has 0 N–H and O–H groups in total. The second-order valence-corrected chi connectivity index (χ2v) is 7.36. The van der Waals surface area contributed by atoms with E-state index in [0.29, 0.717) is 18.8 Å². The Bertz CT molecular complexity index is 622. The van der Waals surface area contributed by atoms with Crippen LogP contribution in [0.5, 0.6) is 0 Å². The van der Waals surface area contributed by atoms with Crippen LogP contribution in [0.15, 0.2) is 18.6 Å². The normalized spacial score (nSPS) is 29.8. The summed E-state index contributed by atoms with van der Waals surface area (Å²) >= 11 is 0. The van der Waals surface area contributed by atoms with Crippen LogP contribution in [-0.2, 0) is 4.79 Å². The summed E-state index contributed by atoms with van der Waals surface area (Å²) in [7, 11) is 0. The van der Waals surface area contributed by atoms with E-state index in [0.717, 1.165) is 19.3 Å². The van der Waals surface area contributed by atoms with Crippen LogP contribution in [0, 0.1) is 11.3 Å². The fourth-order valence-electron chi connectivity index (χ4n) is 4.15. The number of hydrogen-bond acceptors (Lipinski definition) is 4. The number of aromatic nitrogens is 2. The Morgan fingerprint density at radius 2 is 2.00 bits per heavy atom. The summed E-state index contributed by atoms with van der Waals surface area (Å²) < 4.78 is 29.6. The fourth-order valence-corrected chi connectivity index (χ4v) is 4.15. The van der Waals surface area contributed by atoms with Gasteiger partial charge in [-0.1, -0.05) is 6.42 Å². The molecule has 3 heterocycles. The molecule has 2 saturated heterocycles. The molecule has 7 heteroatoms. The van der Waals surface area contributed by atoms with Gasteiger partial charge >= 0.3 is 0 Å². The van der Waals surface area contributed by atoms with Crippen molar-refractivity contribution in [3.05, 3.63) is 18.6 Å². The minimum absolute atomic E-state index is 0.0614. The molecule has 130 valence electrons. The first-order valence-corrected chi connectivity index (χ1v) is 8.68. The van der Waals surface area contributed by atoms with Crippen LogP contribution < -0.4 is 4.90 Å². The number of anilines is 1. The third-order valence-corrected chi connectivity index (χ3v) is 5.96. The van der Waals surface area contributed by atoms with E-state index in [1.54, 1.807) is 23.5 Å². The van der Waals surface area contributed by atoms with Crippen LogP contribution in [0.4, 0.5) is 14.6 Å². The monoisotopic (exact) mass is 336 g/mol. The van der Waals surface area contributed by atoms with Gasteiger partial charge in [0.05, 0.1) is 11.6 Å². The molecule has 4 rings (SSSR count). The summed E-state index contributed by atoms with van der Waals surface area (Å²) in [5.41, 5.74) is -1.16. The molecule has 1 spiro atoms. The highest BCUT2D eigenvalue weighted by Gasteiger charge is 2.60. The Morgan fingerprint density at radius 1 is 1.17 bits per heavy atom. The maximum absolute atomic E-state index is 14.8. The van der Waals surface area contributed by atoms with Gasteiger partial charge in [0.25, 0.3) is 5.92 Å². The van der Waals surface area contributed by atoms with Crippen molar-refractivity contribution in [2.24, 2.45) is 11.3 Å². The number of carbonyl (C=O) groups excluding carboxylic acids is 1. The topological polar surface area (TPSA) is 49.3 Å². The third-order valence-electron chi connectivity index (χ3n) is 5.96. The number of rotatable bonds is 2. The van der Waals surface area contributed by atoms with Gasteiger partial charge in [0, 0.05) is 50.9 Å². The molecule has 1 aromatic rings. The van der Waals surface area contributed by atoms with Crippen LogP contribution in [0.25, 0.3) is 0 Å². The van der Waals surface area contributed by atoms with Crippen molar-refractivity contribution in [2.75, 3.05) is 31.1 Å². The number of halogens is 2. The molecule has 2 aliphatic heterocycles. The summed E-state index contributed by atoms with van der Waals surface area (Å²) in [6.07, 6.45) is 7.79. The zero-order valence-corrected chi connectivity index (χ0v) is 13.6. The van der Waals surface area contributed by atoms with E-state index < -0.39 is 11.3 Å². The molecule has 0 aromatic carbocycles. The maximum atomic E-state index is 14.8. The van der Waals surface area contributed by atoms with E-state index in [2.05, 4.69) is 9.97 Å². The van der Waals surface area contributed by atoms with Gasteiger partial charge in [-0.3, -0.25) is 9.78 Å². The number of amides is 1. The summed E-state index contributed by atoms with van der Waals surface area (Å²) in [5, 5.41) is 0. The van der Waals surface area contributed by atoms with E-state index in [-0.39, 0.29) is 37.9 Å². The van der Waals surface area contributed by atoms with Gasteiger partial charge < -0.3 is 9.80 Å². The lowest BCUT2D eigenvalue weighted by molar-refractivity contribution is -0.172. The molecule has 3 fully saturated rings. The third kappa shape index (κ3) is 2.45. The van der Waals surface area contributed by atoms with Crippen molar-refractivity contribution in [1.82, 2.24) is 14.9 Å². The molecule has 1 unspecified atom stereocenters. The average Bonchev–Trinajstić information content (AvgIpc) is 2.95. The molecular weight excluding hydrogens is 314 g/mol. The largest absolute Gasteiger partial charge is 0.354 e. The average molecular weight is 336 g/mol. The minimum atomic E-state index is -2.75. The standard InChI is InChI=1S/C17H22F2N4O/c18-17(19)5-9-23(15(24)13-2-1-3-13)12-16(17)4-8-22(11-16)14-10-20-6-7-21-14/h6-7,10,13H,1-5,8-9,11-12H2. The lowest BCUT2D eigenvalue weighted by Crippen LogP contribution is -2.59. The molecule has 1 aromatic heterocycles. The van der Waals surface area contributed by atoms with Crippen LogP contribution >= 0.6 is 0 Å². The molecular formula is C17H22F2N4O.